The van der Waals surface area contributed by atoms with Gasteiger partial charge >= 0.3 is 6.18 Å². The van der Waals surface area contributed by atoms with Crippen LogP contribution in [-0.2, 0) is 12.6 Å². The summed E-state index contributed by atoms with van der Waals surface area (Å²) in [6.45, 7) is 15.4. The molecule has 0 aliphatic heterocycles. The number of benzene rings is 2. The number of alkyl halides is 3. The number of anilines is 2. The molecule has 47 heavy (non-hydrogen) atoms. The SMILES string of the molecule is CC/C=C(/c1ccc(CC)cc1)c1cnc(Nc2cc(Cl)cc(C(F)(F)F)c2)nc1C.CC1CCCCC1.CCCCN(C)CCC. The summed E-state index contributed by atoms with van der Waals surface area (Å²) >= 11 is 5.86. The van der Waals surface area contributed by atoms with Gasteiger partial charge in [-0.3, -0.25) is 0 Å². The highest BCUT2D eigenvalue weighted by atomic mass is 35.5. The number of allylic oxidation sites excluding steroid dienone is 1. The molecule has 8 heteroatoms. The van der Waals surface area contributed by atoms with Gasteiger partial charge in [-0.1, -0.05) is 115 Å². The Kier molecular flexibility index (Phi) is 18.1. The summed E-state index contributed by atoms with van der Waals surface area (Å²) in [5, 5.41) is 2.81. The van der Waals surface area contributed by atoms with Gasteiger partial charge in [0.2, 0.25) is 5.95 Å². The van der Waals surface area contributed by atoms with Crippen LogP contribution >= 0.6 is 11.6 Å². The van der Waals surface area contributed by atoms with Crippen molar-refractivity contribution in [3.05, 3.63) is 87.7 Å². The van der Waals surface area contributed by atoms with Crippen molar-refractivity contribution in [2.75, 3.05) is 25.5 Å². The number of hydrogen-bond acceptors (Lipinski definition) is 4. The molecule has 260 valence electrons. The largest absolute Gasteiger partial charge is 0.416 e. The number of halogens is 4. The van der Waals surface area contributed by atoms with E-state index in [4.69, 9.17) is 11.6 Å². The number of aromatic nitrogens is 2. The third-order valence-corrected chi connectivity index (χ3v) is 8.44. The van der Waals surface area contributed by atoms with Crippen molar-refractivity contribution in [3.8, 4) is 0 Å². The van der Waals surface area contributed by atoms with Gasteiger partial charge in [0.1, 0.15) is 0 Å². The van der Waals surface area contributed by atoms with Gasteiger partial charge in [0.05, 0.1) is 11.3 Å². The summed E-state index contributed by atoms with van der Waals surface area (Å²) in [4.78, 5) is 11.2. The van der Waals surface area contributed by atoms with E-state index in [0.29, 0.717) is 0 Å². The lowest BCUT2D eigenvalue weighted by atomic mass is 9.91. The van der Waals surface area contributed by atoms with Gasteiger partial charge in [0.25, 0.3) is 0 Å². The zero-order valence-electron chi connectivity index (χ0n) is 29.6. The second kappa shape index (κ2) is 21.1. The number of aryl methyl sites for hydroxylation is 2. The summed E-state index contributed by atoms with van der Waals surface area (Å²) < 4.78 is 39.2. The molecule has 0 radical (unpaired) electrons. The molecule has 0 unspecified atom stereocenters. The van der Waals surface area contributed by atoms with E-state index < -0.39 is 11.7 Å². The third-order valence-electron chi connectivity index (χ3n) is 8.22. The molecule has 1 N–H and O–H groups in total. The predicted octanol–water partition coefficient (Wildman–Crippen LogP) is 12.3. The summed E-state index contributed by atoms with van der Waals surface area (Å²) in [5.74, 6) is 1.24. The van der Waals surface area contributed by atoms with Crippen molar-refractivity contribution in [2.45, 2.75) is 112 Å². The normalized spacial score (nSPS) is 13.8. The van der Waals surface area contributed by atoms with E-state index in [1.165, 1.54) is 76.1 Å². The van der Waals surface area contributed by atoms with Crippen molar-refractivity contribution in [1.29, 1.82) is 0 Å². The van der Waals surface area contributed by atoms with Crippen LogP contribution in [0.2, 0.25) is 5.02 Å². The number of hydrogen-bond donors (Lipinski definition) is 1. The van der Waals surface area contributed by atoms with E-state index in [2.05, 4.69) is 92.2 Å². The van der Waals surface area contributed by atoms with Crippen LogP contribution in [0.4, 0.5) is 24.8 Å². The summed E-state index contributed by atoms with van der Waals surface area (Å²) in [6, 6.07) is 11.6. The van der Waals surface area contributed by atoms with E-state index in [1.54, 1.807) is 6.20 Å². The Balaban J connectivity index is 0.000000392. The number of nitrogens with one attached hydrogen (secondary N) is 1. The van der Waals surface area contributed by atoms with E-state index in [-0.39, 0.29) is 16.7 Å². The highest BCUT2D eigenvalue weighted by Crippen LogP contribution is 2.34. The Morgan fingerprint density at radius 2 is 1.66 bits per heavy atom. The van der Waals surface area contributed by atoms with Crippen LogP contribution in [0.1, 0.15) is 120 Å². The van der Waals surface area contributed by atoms with Gasteiger partial charge in [-0.25, -0.2) is 9.97 Å². The van der Waals surface area contributed by atoms with Crippen molar-refractivity contribution < 1.29 is 13.2 Å². The molecule has 1 aliphatic rings. The third kappa shape index (κ3) is 14.8. The second-order valence-corrected chi connectivity index (χ2v) is 13.0. The zero-order chi connectivity index (χ0) is 34.8. The molecule has 4 rings (SSSR count). The minimum Gasteiger partial charge on any atom is -0.324 e. The Morgan fingerprint density at radius 3 is 2.17 bits per heavy atom. The molecule has 1 fully saturated rings. The molecular weight excluding hydrogens is 617 g/mol. The molecule has 2 aromatic carbocycles. The van der Waals surface area contributed by atoms with Crippen molar-refractivity contribution in [3.63, 3.8) is 0 Å². The van der Waals surface area contributed by atoms with Crippen molar-refractivity contribution in [1.82, 2.24) is 14.9 Å². The first-order valence-electron chi connectivity index (χ1n) is 17.4. The Bertz CT molecular complexity index is 1350. The average molecular weight is 673 g/mol. The topological polar surface area (TPSA) is 41.1 Å². The van der Waals surface area contributed by atoms with Gasteiger partial charge in [-0.05, 0) is 93.6 Å². The van der Waals surface area contributed by atoms with E-state index in [1.807, 2.05) is 6.92 Å². The maximum absolute atomic E-state index is 13.1. The minimum absolute atomic E-state index is 0.0191. The minimum atomic E-state index is -4.49. The fourth-order valence-electron chi connectivity index (χ4n) is 5.48. The molecule has 1 heterocycles. The standard InChI is InChI=1S/C24H23ClF3N3.C8H19N.C7H14/c1-4-6-21(17-9-7-16(5-2)8-10-17)22-14-29-23(30-15(22)3)31-20-12-18(24(26,27)28)11-19(25)13-20;1-4-6-8-9(3)7-5-2;1-7-5-3-2-4-6-7/h6-14H,4-5H2,1-3H3,(H,29,30,31);4-8H2,1-3H3;7H,2-6H2,1H3/b21-6-;;. The predicted molar refractivity (Wildman–Crippen MR) is 195 cm³/mol. The number of rotatable bonds is 11. The maximum atomic E-state index is 13.1. The smallest absolute Gasteiger partial charge is 0.324 e. The first-order chi connectivity index (χ1) is 22.4. The highest BCUT2D eigenvalue weighted by Gasteiger charge is 2.31. The van der Waals surface area contributed by atoms with Crippen molar-refractivity contribution >= 4 is 28.8 Å². The Morgan fingerprint density at radius 1 is 0.979 bits per heavy atom. The van der Waals surface area contributed by atoms with Gasteiger partial charge in [0, 0.05) is 22.5 Å². The van der Waals surface area contributed by atoms with Crippen LogP contribution in [0.3, 0.4) is 0 Å². The Labute approximate surface area is 287 Å². The molecule has 0 saturated heterocycles. The molecule has 0 spiro atoms. The van der Waals surface area contributed by atoms with Crippen LogP contribution < -0.4 is 5.32 Å². The average Bonchev–Trinajstić information content (AvgIpc) is 3.04. The molecule has 4 nitrogen and oxygen atoms in total. The van der Waals surface area contributed by atoms with Gasteiger partial charge in [0.15, 0.2) is 0 Å². The van der Waals surface area contributed by atoms with Gasteiger partial charge < -0.3 is 10.2 Å². The summed E-state index contributed by atoms with van der Waals surface area (Å²) in [7, 11) is 2.19. The molecule has 0 atom stereocenters. The van der Waals surface area contributed by atoms with E-state index in [0.717, 1.165) is 53.3 Å². The monoisotopic (exact) mass is 672 g/mol. The maximum Gasteiger partial charge on any atom is 0.416 e. The lowest BCUT2D eigenvalue weighted by Crippen LogP contribution is -2.19. The number of nitrogens with zero attached hydrogens (tertiary/aromatic N) is 3. The Hall–Kier alpha value is -2.90. The lowest BCUT2D eigenvalue weighted by Gasteiger charge is -2.15. The van der Waals surface area contributed by atoms with Gasteiger partial charge in [-0.15, -0.1) is 0 Å². The molecule has 0 bridgehead atoms. The van der Waals surface area contributed by atoms with Gasteiger partial charge in [-0.2, -0.15) is 13.2 Å². The molecule has 0 amide bonds. The molecular formula is C39H56ClF3N4. The zero-order valence-corrected chi connectivity index (χ0v) is 30.4. The van der Waals surface area contributed by atoms with Crippen molar-refractivity contribution in [2.24, 2.45) is 5.92 Å². The van der Waals surface area contributed by atoms with Crippen LogP contribution in [0.25, 0.3) is 5.57 Å². The van der Waals surface area contributed by atoms with Crippen LogP contribution in [-0.4, -0.2) is 35.0 Å². The molecule has 3 aromatic rings. The fourth-order valence-corrected chi connectivity index (χ4v) is 5.72. The first-order valence-corrected chi connectivity index (χ1v) is 17.8. The quantitative estimate of drug-likeness (QED) is 0.220. The van der Waals surface area contributed by atoms with E-state index in [9.17, 15) is 13.2 Å². The summed E-state index contributed by atoms with van der Waals surface area (Å²) in [6.07, 6.45) is 12.5. The second-order valence-electron chi connectivity index (χ2n) is 12.5. The van der Waals surface area contributed by atoms with Crippen LogP contribution in [0.5, 0.6) is 0 Å². The first kappa shape index (κ1) is 40.3. The molecule has 1 aliphatic carbocycles. The van der Waals surface area contributed by atoms with Crippen LogP contribution in [0, 0.1) is 12.8 Å². The summed E-state index contributed by atoms with van der Waals surface area (Å²) in [5.41, 5.74) is 4.28. The lowest BCUT2D eigenvalue weighted by molar-refractivity contribution is -0.137. The van der Waals surface area contributed by atoms with E-state index >= 15 is 0 Å². The fraction of sp³-hybridized carbons (Fsp3) is 0.538. The number of unbranched alkanes of at least 4 members (excludes halogenated alkanes) is 1. The highest BCUT2D eigenvalue weighted by molar-refractivity contribution is 6.31. The molecule has 1 aromatic heterocycles. The molecule has 1 saturated carbocycles. The van der Waals surface area contributed by atoms with Crippen LogP contribution in [0.15, 0.2) is 54.7 Å².